The van der Waals surface area contributed by atoms with Crippen LogP contribution in [0.1, 0.15) is 50.2 Å². The molecule has 9 heteroatoms. The highest BCUT2D eigenvalue weighted by Crippen LogP contribution is 2.44. The predicted octanol–water partition coefficient (Wildman–Crippen LogP) is 4.15. The highest BCUT2D eigenvalue weighted by Gasteiger charge is 2.29. The molecule has 0 bridgehead atoms. The van der Waals surface area contributed by atoms with Gasteiger partial charge < -0.3 is 25.8 Å². The second-order valence-corrected chi connectivity index (χ2v) is 8.15. The van der Waals surface area contributed by atoms with Gasteiger partial charge in [-0.25, -0.2) is 9.59 Å². The minimum atomic E-state index is -1.07. The number of halogens is 1. The normalized spacial score (nSPS) is 12.4. The molecular weight excluding hydrogens is 468 g/mol. The number of carboxylic acids is 1. The van der Waals surface area contributed by atoms with E-state index in [0.29, 0.717) is 19.4 Å². The second-order valence-electron chi connectivity index (χ2n) is 8.15. The first-order valence-corrected chi connectivity index (χ1v) is 11.9. The van der Waals surface area contributed by atoms with Gasteiger partial charge >= 0.3 is 12.1 Å². The number of nitrogens with zero attached hydrogens (tertiary/aromatic N) is 1. The summed E-state index contributed by atoms with van der Waals surface area (Å²) in [6.07, 6.45) is 0.938. The van der Waals surface area contributed by atoms with Crippen molar-refractivity contribution in [3.05, 3.63) is 59.7 Å². The second kappa shape index (κ2) is 14.2. The summed E-state index contributed by atoms with van der Waals surface area (Å²) in [7, 11) is 0. The molecule has 0 spiro atoms. The van der Waals surface area contributed by atoms with Crippen LogP contribution in [0.3, 0.4) is 0 Å². The molecule has 0 saturated heterocycles. The topological polar surface area (TPSA) is 112 Å². The van der Waals surface area contributed by atoms with Crippen LogP contribution < -0.4 is 16.0 Å². The van der Waals surface area contributed by atoms with E-state index < -0.39 is 18.1 Å². The van der Waals surface area contributed by atoms with Crippen molar-refractivity contribution in [2.75, 3.05) is 26.2 Å². The molecule has 4 N–H and O–H groups in total. The van der Waals surface area contributed by atoms with Crippen LogP contribution in [0.15, 0.2) is 53.5 Å². The molecule has 1 atom stereocenters. The number of amides is 1. The van der Waals surface area contributed by atoms with E-state index in [1.807, 2.05) is 50.2 Å². The van der Waals surface area contributed by atoms with E-state index in [1.165, 1.54) is 0 Å². The Morgan fingerprint density at radius 2 is 1.54 bits per heavy atom. The lowest BCUT2D eigenvalue weighted by Crippen LogP contribution is -2.41. The van der Waals surface area contributed by atoms with Gasteiger partial charge in [0.2, 0.25) is 0 Å². The first-order valence-electron chi connectivity index (χ1n) is 11.9. The summed E-state index contributed by atoms with van der Waals surface area (Å²) >= 11 is 0. The zero-order valence-corrected chi connectivity index (χ0v) is 21.1. The minimum Gasteiger partial charge on any atom is -0.480 e. The molecule has 2 aromatic carbocycles. The van der Waals surface area contributed by atoms with Crippen LogP contribution in [-0.2, 0) is 9.53 Å². The number of unbranched alkanes of at least 4 members (excludes halogenated alkanes) is 1. The molecule has 1 aliphatic carbocycles. The van der Waals surface area contributed by atoms with E-state index in [9.17, 15) is 14.7 Å². The van der Waals surface area contributed by atoms with Gasteiger partial charge in [-0.2, -0.15) is 0 Å². The molecular formula is C26H35ClN4O4. The summed E-state index contributed by atoms with van der Waals surface area (Å²) in [4.78, 5) is 28.5. The Hall–Kier alpha value is -3.26. The van der Waals surface area contributed by atoms with Gasteiger partial charge in [0.15, 0.2) is 5.96 Å². The number of benzene rings is 2. The summed E-state index contributed by atoms with van der Waals surface area (Å²) < 4.78 is 5.48. The van der Waals surface area contributed by atoms with E-state index in [0.717, 1.165) is 47.7 Å². The van der Waals surface area contributed by atoms with Crippen LogP contribution >= 0.6 is 12.4 Å². The molecule has 35 heavy (non-hydrogen) atoms. The van der Waals surface area contributed by atoms with Gasteiger partial charge in [0.25, 0.3) is 0 Å². The smallest absolute Gasteiger partial charge is 0.407 e. The number of ether oxygens (including phenoxy) is 1. The number of carboxylic acid groups (broad SMARTS) is 1. The van der Waals surface area contributed by atoms with Gasteiger partial charge in [-0.05, 0) is 55.4 Å². The third kappa shape index (κ3) is 7.62. The summed E-state index contributed by atoms with van der Waals surface area (Å²) in [6, 6.07) is 15.2. The average Bonchev–Trinajstić information content (AvgIpc) is 3.15. The van der Waals surface area contributed by atoms with E-state index in [2.05, 4.69) is 33.1 Å². The van der Waals surface area contributed by atoms with Gasteiger partial charge in [0.1, 0.15) is 12.6 Å². The van der Waals surface area contributed by atoms with E-state index in [-0.39, 0.29) is 24.9 Å². The first kappa shape index (κ1) is 28.0. The summed E-state index contributed by atoms with van der Waals surface area (Å²) in [6.45, 7) is 6.28. The number of hydrogen-bond donors (Lipinski definition) is 4. The fraction of sp³-hybridized carbons (Fsp3) is 0.423. The van der Waals surface area contributed by atoms with Crippen LogP contribution in [0.2, 0.25) is 0 Å². The molecule has 1 amide bonds. The Balaban J connectivity index is 0.00000432. The molecule has 3 rings (SSSR count). The summed E-state index contributed by atoms with van der Waals surface area (Å²) in [5.41, 5.74) is 4.51. The van der Waals surface area contributed by atoms with E-state index in [1.54, 1.807) is 0 Å². The number of carbonyl (C=O) groups excluding carboxylic acids is 1. The van der Waals surface area contributed by atoms with Crippen molar-refractivity contribution in [3.63, 3.8) is 0 Å². The maximum absolute atomic E-state index is 12.4. The molecule has 2 aromatic rings. The Labute approximate surface area is 213 Å². The molecule has 0 radical (unpaired) electrons. The molecule has 1 aliphatic rings. The van der Waals surface area contributed by atoms with Crippen molar-refractivity contribution in [2.45, 2.75) is 45.1 Å². The predicted molar refractivity (Wildman–Crippen MR) is 140 cm³/mol. The maximum Gasteiger partial charge on any atom is 0.407 e. The number of guanidine groups is 1. The van der Waals surface area contributed by atoms with E-state index in [4.69, 9.17) is 4.74 Å². The van der Waals surface area contributed by atoms with Crippen molar-refractivity contribution >= 4 is 30.4 Å². The van der Waals surface area contributed by atoms with Gasteiger partial charge in [-0.15, -0.1) is 12.4 Å². The zero-order valence-electron chi connectivity index (χ0n) is 20.3. The van der Waals surface area contributed by atoms with Crippen LogP contribution in [0.25, 0.3) is 11.1 Å². The van der Waals surface area contributed by atoms with Crippen molar-refractivity contribution in [2.24, 2.45) is 4.99 Å². The molecule has 0 unspecified atom stereocenters. The maximum atomic E-state index is 12.4. The van der Waals surface area contributed by atoms with Crippen molar-refractivity contribution in [3.8, 4) is 11.1 Å². The number of rotatable bonds is 11. The number of alkyl carbamates (subject to hydrolysis) is 1. The number of nitrogens with one attached hydrogen (secondary N) is 3. The third-order valence-corrected chi connectivity index (χ3v) is 5.79. The first-order chi connectivity index (χ1) is 16.5. The molecule has 0 aromatic heterocycles. The Morgan fingerprint density at radius 3 is 2.09 bits per heavy atom. The Kier molecular flexibility index (Phi) is 11.4. The van der Waals surface area contributed by atoms with Crippen LogP contribution in [0, 0.1) is 0 Å². The number of aliphatic carboxylic acids is 1. The lowest BCUT2D eigenvalue weighted by Gasteiger charge is -2.17. The van der Waals surface area contributed by atoms with Gasteiger partial charge in [0, 0.05) is 25.6 Å². The van der Waals surface area contributed by atoms with Crippen molar-refractivity contribution in [1.29, 1.82) is 0 Å². The van der Waals surface area contributed by atoms with E-state index >= 15 is 0 Å². The lowest BCUT2D eigenvalue weighted by atomic mass is 9.98. The monoisotopic (exact) mass is 502 g/mol. The number of hydrogen-bond acceptors (Lipinski definition) is 4. The van der Waals surface area contributed by atoms with Crippen LogP contribution in [0.4, 0.5) is 4.79 Å². The molecule has 190 valence electrons. The highest BCUT2D eigenvalue weighted by atomic mass is 35.5. The largest absolute Gasteiger partial charge is 0.480 e. The molecule has 0 fully saturated rings. The van der Waals surface area contributed by atoms with Gasteiger partial charge in [0.05, 0.1) is 0 Å². The quantitative estimate of drug-likeness (QED) is 0.209. The summed E-state index contributed by atoms with van der Waals surface area (Å²) in [5, 5.41) is 18.3. The molecule has 8 nitrogen and oxygen atoms in total. The number of fused-ring (bicyclic) bond motifs is 3. The lowest BCUT2D eigenvalue weighted by molar-refractivity contribution is -0.139. The van der Waals surface area contributed by atoms with Gasteiger partial charge in [-0.3, -0.25) is 4.99 Å². The average molecular weight is 503 g/mol. The van der Waals surface area contributed by atoms with Gasteiger partial charge in [-0.1, -0.05) is 48.5 Å². The fourth-order valence-corrected chi connectivity index (χ4v) is 4.20. The fourth-order valence-electron chi connectivity index (χ4n) is 4.20. The highest BCUT2D eigenvalue weighted by molar-refractivity contribution is 5.85. The van der Waals surface area contributed by atoms with Crippen LogP contribution in [0.5, 0.6) is 0 Å². The third-order valence-electron chi connectivity index (χ3n) is 5.79. The Morgan fingerprint density at radius 1 is 0.971 bits per heavy atom. The van der Waals surface area contributed by atoms with Crippen molar-refractivity contribution < 1.29 is 19.4 Å². The standard InChI is InChI=1S/C26H34N4O4.ClH/c1-3-27-25(28-4-2)29-16-10-9-15-23(24(31)32)30-26(33)34-17-22-20-13-7-5-11-18(20)19-12-6-8-14-21(19)22;/h5-8,11-14,22-23H,3-4,9-10,15-17H2,1-2H3,(H,30,33)(H,31,32)(H2,27,28,29);1H/t23-;/m1./s1. The SMILES string of the molecule is CCNC(=NCCCC[C@@H](NC(=O)OCC1c2ccccc2-c2ccccc21)C(=O)O)NCC.Cl. The van der Waals surface area contributed by atoms with Crippen molar-refractivity contribution in [1.82, 2.24) is 16.0 Å². The molecule has 0 aliphatic heterocycles. The Bertz CT molecular complexity index is 961. The minimum absolute atomic E-state index is 0. The molecule has 0 saturated carbocycles. The number of aliphatic imine (C=N–C) groups is 1. The zero-order chi connectivity index (χ0) is 24.3. The molecule has 0 heterocycles. The van der Waals surface area contributed by atoms with Crippen LogP contribution in [-0.4, -0.2) is 55.4 Å². The summed E-state index contributed by atoms with van der Waals surface area (Å²) in [5.74, 6) is -0.392. The number of carbonyl (C=O) groups is 2.